The van der Waals surface area contributed by atoms with Gasteiger partial charge < -0.3 is 14.2 Å². The largest absolute Gasteiger partial charge is 0.462 e. The normalized spacial score (nSPS) is 12.2. The lowest BCUT2D eigenvalue weighted by atomic mass is 10.1. The second-order valence-electron chi connectivity index (χ2n) is 18.1. The fourth-order valence-corrected chi connectivity index (χ4v) is 7.72. The van der Waals surface area contributed by atoms with Crippen LogP contribution in [0.3, 0.4) is 0 Å². The topological polar surface area (TPSA) is 78.9 Å². The summed E-state index contributed by atoms with van der Waals surface area (Å²) in [4.78, 5) is 38.0. The number of esters is 3. The van der Waals surface area contributed by atoms with Crippen molar-refractivity contribution in [2.24, 2.45) is 0 Å². The first-order chi connectivity index (χ1) is 30.5. The van der Waals surface area contributed by atoms with Crippen LogP contribution in [0.4, 0.5) is 0 Å². The van der Waals surface area contributed by atoms with Crippen molar-refractivity contribution >= 4 is 17.9 Å². The summed E-state index contributed by atoms with van der Waals surface area (Å²) in [7, 11) is 0. The zero-order valence-electron chi connectivity index (χ0n) is 41.4. The van der Waals surface area contributed by atoms with Gasteiger partial charge in [0.05, 0.1) is 0 Å². The third-order valence-corrected chi connectivity index (χ3v) is 11.8. The van der Waals surface area contributed by atoms with E-state index >= 15 is 0 Å². The highest BCUT2D eigenvalue weighted by Crippen LogP contribution is 2.15. The molecule has 0 aliphatic rings. The van der Waals surface area contributed by atoms with Gasteiger partial charge in [0.15, 0.2) is 6.10 Å². The van der Waals surface area contributed by atoms with Gasteiger partial charge in [0.25, 0.3) is 0 Å². The molecule has 0 bridgehead atoms. The second kappa shape index (κ2) is 51.3. The van der Waals surface area contributed by atoms with Crippen LogP contribution in [-0.4, -0.2) is 37.2 Å². The zero-order valence-corrected chi connectivity index (χ0v) is 41.4. The molecule has 1 atom stereocenters. The van der Waals surface area contributed by atoms with Crippen molar-refractivity contribution in [3.8, 4) is 0 Å². The summed E-state index contributed by atoms with van der Waals surface area (Å²) in [5.74, 6) is -0.895. The van der Waals surface area contributed by atoms with Gasteiger partial charge in [-0.15, -0.1) is 0 Å². The van der Waals surface area contributed by atoms with Crippen LogP contribution in [0.5, 0.6) is 0 Å². The Labute approximate surface area is 385 Å². The molecule has 0 aliphatic heterocycles. The first-order valence-corrected chi connectivity index (χ1v) is 27.0. The summed E-state index contributed by atoms with van der Waals surface area (Å²) in [6.45, 7) is 6.62. The third-order valence-electron chi connectivity index (χ3n) is 11.8. The van der Waals surface area contributed by atoms with Crippen LogP contribution in [-0.2, 0) is 28.6 Å². The molecule has 362 valence electrons. The molecule has 0 unspecified atom stereocenters. The van der Waals surface area contributed by atoms with E-state index in [1.54, 1.807) is 0 Å². The number of carbonyl (C=O) groups is 3. The molecule has 6 nitrogen and oxygen atoms in total. The zero-order chi connectivity index (χ0) is 45.1. The summed E-state index contributed by atoms with van der Waals surface area (Å²) in [6.07, 6.45) is 59.8. The predicted molar refractivity (Wildman–Crippen MR) is 266 cm³/mol. The Kier molecular flexibility index (Phi) is 49.3. The lowest BCUT2D eigenvalue weighted by Crippen LogP contribution is -2.30. The van der Waals surface area contributed by atoms with Crippen LogP contribution in [0.15, 0.2) is 36.5 Å². The van der Waals surface area contributed by atoms with Gasteiger partial charge in [-0.1, -0.05) is 205 Å². The number of allylic oxidation sites excluding steroid dienone is 6. The lowest BCUT2D eigenvalue weighted by molar-refractivity contribution is -0.167. The van der Waals surface area contributed by atoms with E-state index in [4.69, 9.17) is 14.2 Å². The van der Waals surface area contributed by atoms with Gasteiger partial charge in [-0.2, -0.15) is 0 Å². The highest BCUT2D eigenvalue weighted by molar-refractivity contribution is 5.71. The van der Waals surface area contributed by atoms with E-state index in [-0.39, 0.29) is 31.1 Å². The molecule has 0 aromatic heterocycles. The Morgan fingerprint density at radius 3 is 0.806 bits per heavy atom. The minimum atomic E-state index is -0.780. The summed E-state index contributed by atoms with van der Waals surface area (Å²) in [5, 5.41) is 0. The minimum absolute atomic E-state index is 0.0807. The van der Waals surface area contributed by atoms with Crippen molar-refractivity contribution in [1.29, 1.82) is 0 Å². The first-order valence-electron chi connectivity index (χ1n) is 27.0. The molecular weight excluding hydrogens is 769 g/mol. The number of hydrogen-bond acceptors (Lipinski definition) is 6. The third kappa shape index (κ3) is 48.7. The summed E-state index contributed by atoms with van der Waals surface area (Å²) >= 11 is 0. The molecule has 6 heteroatoms. The van der Waals surface area contributed by atoms with Crippen molar-refractivity contribution in [3.63, 3.8) is 0 Å². The first kappa shape index (κ1) is 59.6. The van der Waals surface area contributed by atoms with Crippen molar-refractivity contribution in [2.45, 2.75) is 290 Å². The van der Waals surface area contributed by atoms with Gasteiger partial charge in [-0.25, -0.2) is 0 Å². The fraction of sp³-hybridized carbons (Fsp3) is 0.839. The molecule has 0 saturated carbocycles. The van der Waals surface area contributed by atoms with E-state index in [9.17, 15) is 14.4 Å². The number of carbonyl (C=O) groups excluding carboxylic acids is 3. The van der Waals surface area contributed by atoms with Gasteiger partial charge in [-0.05, 0) is 96.3 Å². The van der Waals surface area contributed by atoms with E-state index in [0.29, 0.717) is 19.3 Å². The number of rotatable bonds is 49. The summed E-state index contributed by atoms with van der Waals surface area (Å²) in [6, 6.07) is 0. The highest BCUT2D eigenvalue weighted by Gasteiger charge is 2.19. The second-order valence-corrected chi connectivity index (χ2v) is 18.1. The Morgan fingerprint density at radius 2 is 0.532 bits per heavy atom. The number of ether oxygens (including phenoxy) is 3. The Balaban J connectivity index is 4.39. The molecule has 0 saturated heterocycles. The van der Waals surface area contributed by atoms with Crippen LogP contribution >= 0.6 is 0 Å². The Morgan fingerprint density at radius 1 is 0.306 bits per heavy atom. The minimum Gasteiger partial charge on any atom is -0.462 e. The van der Waals surface area contributed by atoms with Crippen molar-refractivity contribution in [1.82, 2.24) is 0 Å². The molecule has 0 aliphatic carbocycles. The molecule has 0 aromatic carbocycles. The van der Waals surface area contributed by atoms with E-state index in [2.05, 4.69) is 57.2 Å². The molecule has 0 radical (unpaired) electrons. The average molecular weight is 871 g/mol. The van der Waals surface area contributed by atoms with Gasteiger partial charge in [0.1, 0.15) is 13.2 Å². The fourth-order valence-electron chi connectivity index (χ4n) is 7.72. The smallest absolute Gasteiger partial charge is 0.306 e. The average Bonchev–Trinajstić information content (AvgIpc) is 3.27. The van der Waals surface area contributed by atoms with Gasteiger partial charge in [0, 0.05) is 19.3 Å². The van der Waals surface area contributed by atoms with Crippen LogP contribution in [0, 0.1) is 0 Å². The predicted octanol–water partition coefficient (Wildman–Crippen LogP) is 17.7. The highest BCUT2D eigenvalue weighted by atomic mass is 16.6. The Hall–Kier alpha value is -2.37. The molecule has 0 N–H and O–H groups in total. The summed E-state index contributed by atoms with van der Waals surface area (Å²) < 4.78 is 16.8. The molecule has 0 spiro atoms. The molecule has 0 amide bonds. The van der Waals surface area contributed by atoms with Crippen LogP contribution < -0.4 is 0 Å². The number of unbranched alkanes of at least 4 members (excludes halogenated alkanes) is 32. The molecule has 62 heavy (non-hydrogen) atoms. The molecule has 0 rings (SSSR count). The van der Waals surface area contributed by atoms with Crippen LogP contribution in [0.1, 0.15) is 284 Å². The van der Waals surface area contributed by atoms with Crippen LogP contribution in [0.2, 0.25) is 0 Å². The van der Waals surface area contributed by atoms with Gasteiger partial charge >= 0.3 is 17.9 Å². The van der Waals surface area contributed by atoms with E-state index in [1.807, 2.05) is 0 Å². The lowest BCUT2D eigenvalue weighted by Gasteiger charge is -2.18. The van der Waals surface area contributed by atoms with Gasteiger partial charge in [-0.3, -0.25) is 14.4 Å². The van der Waals surface area contributed by atoms with Crippen LogP contribution in [0.25, 0.3) is 0 Å². The van der Waals surface area contributed by atoms with E-state index < -0.39 is 6.10 Å². The standard InChI is InChI=1S/C56H102O6/c1-4-7-10-13-16-19-22-25-28-29-32-34-37-40-43-46-49-55(58)61-52-53(62-56(59)50-47-44-41-38-35-31-27-24-21-18-15-12-9-6-3)51-60-54(57)48-45-42-39-36-33-30-26-23-20-17-14-11-8-5-2/h23-24,26-29,53H,4-22,25,30-52H2,1-3H3/b26-23-,27-24-,29-28-/t53-/m1/s1. The van der Waals surface area contributed by atoms with Gasteiger partial charge in [0.2, 0.25) is 0 Å². The SMILES string of the molecule is CCCCCCC/C=C\CCCCCCCC(=O)OC[C@H](COC(=O)CCCCCCC/C=C\CCCCCCCCC)OC(=O)CCCCCCC/C=C\CCCCCCC. The summed E-state index contributed by atoms with van der Waals surface area (Å²) in [5.41, 5.74) is 0. The number of hydrogen-bond donors (Lipinski definition) is 0. The molecular formula is C56H102O6. The maximum absolute atomic E-state index is 12.8. The molecule has 0 heterocycles. The van der Waals surface area contributed by atoms with Crippen molar-refractivity contribution in [3.05, 3.63) is 36.5 Å². The maximum atomic E-state index is 12.8. The Bertz CT molecular complexity index is 1050. The molecule has 0 fully saturated rings. The van der Waals surface area contributed by atoms with Crippen molar-refractivity contribution < 1.29 is 28.6 Å². The van der Waals surface area contributed by atoms with E-state index in [1.165, 1.54) is 161 Å². The van der Waals surface area contributed by atoms with Crippen molar-refractivity contribution in [2.75, 3.05) is 13.2 Å². The maximum Gasteiger partial charge on any atom is 0.306 e. The molecule has 0 aromatic rings. The quantitative estimate of drug-likeness (QED) is 0.0262. The van der Waals surface area contributed by atoms with E-state index in [0.717, 1.165) is 83.5 Å². The monoisotopic (exact) mass is 871 g/mol.